The van der Waals surface area contributed by atoms with Crippen molar-refractivity contribution in [1.29, 1.82) is 0 Å². The van der Waals surface area contributed by atoms with Crippen molar-refractivity contribution >= 4 is 29.9 Å². The molecule has 1 unspecified atom stereocenters. The smallest absolute Gasteiger partial charge is 0.219 e. The zero-order valence-electron chi connectivity index (χ0n) is 7.44. The maximum absolute atomic E-state index is 10.6. The van der Waals surface area contributed by atoms with Crippen molar-refractivity contribution in [3.63, 3.8) is 0 Å². The second-order valence-corrected chi connectivity index (χ2v) is 3.27. The minimum Gasteiger partial charge on any atom is -0.370 e. The van der Waals surface area contributed by atoms with Gasteiger partial charge in [-0.1, -0.05) is 23.7 Å². The molecule has 5 heteroatoms. The van der Waals surface area contributed by atoms with Gasteiger partial charge in [0.05, 0.1) is 0 Å². The predicted molar refractivity (Wildman–Crippen MR) is 59.4 cm³/mol. The van der Waals surface area contributed by atoms with E-state index in [0.717, 1.165) is 5.56 Å². The average molecular weight is 235 g/mol. The summed E-state index contributed by atoms with van der Waals surface area (Å²) >= 11 is 5.75. The van der Waals surface area contributed by atoms with Crippen LogP contribution in [0.5, 0.6) is 0 Å². The molecule has 1 aromatic rings. The fourth-order valence-electron chi connectivity index (χ4n) is 1.07. The Morgan fingerprint density at radius 2 is 2.14 bits per heavy atom. The number of carbonyl (C=O) groups excluding carboxylic acids is 1. The molecule has 0 saturated heterocycles. The summed E-state index contributed by atoms with van der Waals surface area (Å²) in [5.41, 5.74) is 11.5. The van der Waals surface area contributed by atoms with Gasteiger partial charge >= 0.3 is 0 Å². The Hall–Kier alpha value is -0.770. The lowest BCUT2D eigenvalue weighted by atomic mass is 10.0. The number of rotatable bonds is 3. The Balaban J connectivity index is 0.00000169. The van der Waals surface area contributed by atoms with E-state index in [1.807, 2.05) is 6.07 Å². The van der Waals surface area contributed by atoms with Crippen LogP contribution in [0.4, 0.5) is 0 Å². The lowest BCUT2D eigenvalue weighted by Gasteiger charge is -2.09. The molecule has 0 bridgehead atoms. The van der Waals surface area contributed by atoms with Crippen LogP contribution in [0, 0.1) is 0 Å². The molecule has 0 heterocycles. The van der Waals surface area contributed by atoms with Crippen molar-refractivity contribution in [3.05, 3.63) is 34.9 Å². The van der Waals surface area contributed by atoms with Crippen LogP contribution in [0.15, 0.2) is 24.3 Å². The van der Waals surface area contributed by atoms with Crippen molar-refractivity contribution in [2.75, 3.05) is 0 Å². The Morgan fingerprint density at radius 3 is 2.64 bits per heavy atom. The van der Waals surface area contributed by atoms with E-state index in [9.17, 15) is 4.79 Å². The highest BCUT2D eigenvalue weighted by Crippen LogP contribution is 2.17. The van der Waals surface area contributed by atoms with Gasteiger partial charge in [0.2, 0.25) is 5.91 Å². The number of nitrogens with two attached hydrogens (primary N) is 2. The molecule has 0 aromatic heterocycles. The molecule has 0 aliphatic heterocycles. The van der Waals surface area contributed by atoms with Gasteiger partial charge < -0.3 is 11.5 Å². The maximum Gasteiger partial charge on any atom is 0.219 e. The second kappa shape index (κ2) is 5.86. The largest absolute Gasteiger partial charge is 0.370 e. The van der Waals surface area contributed by atoms with Crippen molar-refractivity contribution < 1.29 is 4.79 Å². The highest BCUT2D eigenvalue weighted by Gasteiger charge is 2.08. The topological polar surface area (TPSA) is 69.1 Å². The molecule has 1 amide bonds. The van der Waals surface area contributed by atoms with E-state index >= 15 is 0 Å². The predicted octanol–water partition coefficient (Wildman–Crippen LogP) is 1.64. The molecule has 78 valence electrons. The van der Waals surface area contributed by atoms with Crippen LogP contribution in [0.25, 0.3) is 0 Å². The molecule has 1 atom stereocenters. The fraction of sp³-hybridized carbons (Fsp3) is 0.222. The second-order valence-electron chi connectivity index (χ2n) is 2.83. The first-order valence-electron chi connectivity index (χ1n) is 3.89. The van der Waals surface area contributed by atoms with Crippen LogP contribution < -0.4 is 11.5 Å². The number of halogens is 2. The van der Waals surface area contributed by atoms with Crippen LogP contribution in [-0.4, -0.2) is 5.91 Å². The molecular weight excluding hydrogens is 223 g/mol. The zero-order chi connectivity index (χ0) is 9.84. The van der Waals surface area contributed by atoms with E-state index < -0.39 is 5.91 Å². The third-order valence-corrected chi connectivity index (χ3v) is 1.93. The number of hydrogen-bond donors (Lipinski definition) is 2. The first-order valence-corrected chi connectivity index (χ1v) is 4.26. The van der Waals surface area contributed by atoms with Crippen LogP contribution >= 0.6 is 24.0 Å². The Morgan fingerprint density at radius 1 is 1.50 bits per heavy atom. The molecule has 1 rings (SSSR count). The van der Waals surface area contributed by atoms with Crippen LogP contribution in [0.1, 0.15) is 18.0 Å². The summed E-state index contributed by atoms with van der Waals surface area (Å²) in [4.78, 5) is 10.6. The molecule has 0 radical (unpaired) electrons. The standard InChI is InChI=1S/C9H11ClN2O.ClH/c10-7-3-1-2-6(4-7)8(11)5-9(12)13;/h1-4,8H,5,11H2,(H2,12,13);1H. The maximum atomic E-state index is 10.6. The van der Waals surface area contributed by atoms with E-state index in [1.54, 1.807) is 18.2 Å². The normalized spacial score (nSPS) is 11.6. The van der Waals surface area contributed by atoms with Gasteiger partial charge in [0, 0.05) is 17.5 Å². The van der Waals surface area contributed by atoms with Gasteiger partial charge in [-0.15, -0.1) is 12.4 Å². The molecule has 0 aliphatic carbocycles. The summed E-state index contributed by atoms with van der Waals surface area (Å²) in [6, 6.07) is 6.73. The van der Waals surface area contributed by atoms with Crippen LogP contribution in [-0.2, 0) is 4.79 Å². The lowest BCUT2D eigenvalue weighted by Crippen LogP contribution is -2.20. The molecule has 14 heavy (non-hydrogen) atoms. The zero-order valence-corrected chi connectivity index (χ0v) is 9.02. The number of hydrogen-bond acceptors (Lipinski definition) is 2. The molecule has 1 aromatic carbocycles. The third-order valence-electron chi connectivity index (χ3n) is 1.70. The summed E-state index contributed by atoms with van der Waals surface area (Å²) in [7, 11) is 0. The highest BCUT2D eigenvalue weighted by molar-refractivity contribution is 6.30. The van der Waals surface area contributed by atoms with Gasteiger partial charge in [0.25, 0.3) is 0 Å². The van der Waals surface area contributed by atoms with Gasteiger partial charge in [-0.05, 0) is 17.7 Å². The lowest BCUT2D eigenvalue weighted by molar-refractivity contribution is -0.118. The molecular formula is C9H12Cl2N2O. The number of benzene rings is 1. The summed E-state index contributed by atoms with van der Waals surface area (Å²) in [6.45, 7) is 0. The Labute approximate surface area is 93.8 Å². The van der Waals surface area contributed by atoms with Crippen molar-refractivity contribution in [1.82, 2.24) is 0 Å². The molecule has 0 saturated carbocycles. The molecule has 0 aliphatic rings. The molecule has 0 fully saturated rings. The third kappa shape index (κ3) is 3.96. The summed E-state index contributed by atoms with van der Waals surface area (Å²) < 4.78 is 0. The van der Waals surface area contributed by atoms with Crippen molar-refractivity contribution in [2.45, 2.75) is 12.5 Å². The Kier molecular flexibility index (Phi) is 5.53. The highest BCUT2D eigenvalue weighted by atomic mass is 35.5. The van der Waals surface area contributed by atoms with E-state index in [2.05, 4.69) is 0 Å². The monoisotopic (exact) mass is 234 g/mol. The van der Waals surface area contributed by atoms with Gasteiger partial charge in [-0.3, -0.25) is 4.79 Å². The molecule has 4 N–H and O–H groups in total. The van der Waals surface area contributed by atoms with E-state index in [4.69, 9.17) is 23.1 Å². The molecule has 0 spiro atoms. The van der Waals surface area contributed by atoms with Gasteiger partial charge in [-0.25, -0.2) is 0 Å². The van der Waals surface area contributed by atoms with Gasteiger partial charge in [-0.2, -0.15) is 0 Å². The number of primary amides is 1. The Bertz CT molecular complexity index is 317. The SMILES string of the molecule is Cl.NC(=O)CC(N)c1cccc(Cl)c1. The van der Waals surface area contributed by atoms with Crippen LogP contribution in [0.3, 0.4) is 0 Å². The minimum absolute atomic E-state index is 0. The number of amides is 1. The first kappa shape index (κ1) is 13.2. The number of carbonyl (C=O) groups is 1. The minimum atomic E-state index is -0.410. The van der Waals surface area contributed by atoms with Crippen LogP contribution in [0.2, 0.25) is 5.02 Å². The van der Waals surface area contributed by atoms with Crippen molar-refractivity contribution in [3.8, 4) is 0 Å². The van der Waals surface area contributed by atoms with E-state index in [0.29, 0.717) is 5.02 Å². The molecule has 3 nitrogen and oxygen atoms in total. The summed E-state index contributed by atoms with van der Waals surface area (Å²) in [5.74, 6) is -0.410. The average Bonchev–Trinajstić information content (AvgIpc) is 2.03. The quantitative estimate of drug-likeness (QED) is 0.835. The fourth-order valence-corrected chi connectivity index (χ4v) is 1.27. The summed E-state index contributed by atoms with van der Waals surface area (Å²) in [6.07, 6.45) is 0.139. The van der Waals surface area contributed by atoms with Crippen molar-refractivity contribution in [2.24, 2.45) is 11.5 Å². The first-order chi connectivity index (χ1) is 6.09. The van der Waals surface area contributed by atoms with E-state index in [-0.39, 0.29) is 24.9 Å². The van der Waals surface area contributed by atoms with E-state index in [1.165, 1.54) is 0 Å². The van der Waals surface area contributed by atoms with Gasteiger partial charge in [0.1, 0.15) is 0 Å². The van der Waals surface area contributed by atoms with Gasteiger partial charge in [0.15, 0.2) is 0 Å². The summed E-state index contributed by atoms with van der Waals surface area (Å²) in [5, 5.41) is 0.609.